The van der Waals surface area contributed by atoms with E-state index >= 15 is 0 Å². The number of nitrogens with zero attached hydrogens (tertiary/aromatic N) is 1. The summed E-state index contributed by atoms with van der Waals surface area (Å²) < 4.78 is 26.4. The van der Waals surface area contributed by atoms with Crippen LogP contribution in [-0.4, -0.2) is 20.4 Å². The van der Waals surface area contributed by atoms with Gasteiger partial charge in [-0.3, -0.25) is 9.20 Å². The lowest BCUT2D eigenvalue weighted by atomic mass is 10.0. The van der Waals surface area contributed by atoms with Gasteiger partial charge in [-0.2, -0.15) is 0 Å². The quantitative estimate of drug-likeness (QED) is 0.715. The van der Waals surface area contributed by atoms with Crippen molar-refractivity contribution in [1.29, 1.82) is 0 Å². The van der Waals surface area contributed by atoms with Crippen LogP contribution in [0.15, 0.2) is 27.7 Å². The summed E-state index contributed by atoms with van der Waals surface area (Å²) in [6.07, 6.45) is 0. The number of benzene rings is 1. The number of aliphatic imine (C=N–C) groups is 1. The normalized spacial score (nSPS) is 24.4. The Hall–Kier alpha value is -0.550. The average Bonchev–Trinajstić information content (AvgIpc) is 2.41. The van der Waals surface area contributed by atoms with Crippen molar-refractivity contribution in [3.8, 4) is 0 Å². The first-order valence-electron chi connectivity index (χ1n) is 6.70. The lowest BCUT2D eigenvalue weighted by molar-refractivity contribution is 0.587. The van der Waals surface area contributed by atoms with Crippen LogP contribution in [0, 0.1) is 5.82 Å². The fourth-order valence-corrected chi connectivity index (χ4v) is 3.59. The van der Waals surface area contributed by atoms with Crippen molar-refractivity contribution in [2.75, 3.05) is 5.75 Å². The highest BCUT2D eigenvalue weighted by molar-refractivity contribution is 9.10. The monoisotopic (exact) mass is 361 g/mol. The van der Waals surface area contributed by atoms with Gasteiger partial charge >= 0.3 is 0 Å². The second-order valence-corrected chi connectivity index (χ2v) is 7.88. The molecule has 0 bridgehead atoms. The van der Waals surface area contributed by atoms with Gasteiger partial charge in [0.2, 0.25) is 0 Å². The Kier molecular flexibility index (Phi) is 6.07. The molecule has 0 spiro atoms. The van der Waals surface area contributed by atoms with Crippen LogP contribution in [0.4, 0.5) is 4.39 Å². The van der Waals surface area contributed by atoms with Gasteiger partial charge in [-0.25, -0.2) is 4.39 Å². The van der Waals surface area contributed by atoms with Gasteiger partial charge in [0.25, 0.3) is 0 Å². The Morgan fingerprint density at radius 2 is 2.00 bits per heavy atom. The van der Waals surface area contributed by atoms with E-state index < -0.39 is 15.5 Å². The molecule has 0 saturated carbocycles. The van der Waals surface area contributed by atoms with Gasteiger partial charge < -0.3 is 0 Å². The minimum atomic E-state index is -1.04. The predicted octanol–water partition coefficient (Wildman–Crippen LogP) is 4.66. The summed E-state index contributed by atoms with van der Waals surface area (Å²) in [6, 6.07) is 4.43. The molecule has 5 heteroatoms. The molecule has 0 radical (unpaired) electrons. The lowest BCUT2D eigenvalue weighted by Gasteiger charge is -2.32. The Labute approximate surface area is 131 Å². The van der Waals surface area contributed by atoms with Gasteiger partial charge in [0.1, 0.15) is 5.82 Å². The molecule has 1 aromatic rings. The van der Waals surface area contributed by atoms with E-state index in [9.17, 15) is 8.60 Å². The van der Waals surface area contributed by atoms with Crippen molar-refractivity contribution in [3.05, 3.63) is 34.1 Å². The lowest BCUT2D eigenvalue weighted by Crippen LogP contribution is -2.41. The van der Waals surface area contributed by atoms with Crippen molar-refractivity contribution < 1.29 is 8.60 Å². The maximum Gasteiger partial charge on any atom is 0.128 e. The van der Waals surface area contributed by atoms with Crippen LogP contribution in [0.5, 0.6) is 0 Å². The maximum absolute atomic E-state index is 13.8. The van der Waals surface area contributed by atoms with E-state index in [-0.39, 0.29) is 11.9 Å². The third-order valence-corrected chi connectivity index (χ3v) is 5.96. The fraction of sp³-hybridized carbons (Fsp3) is 0.533. The average molecular weight is 362 g/mol. The minimum absolute atomic E-state index is 0.295. The Bertz CT molecular complexity index is 543. The molecular formula is C15H21BrFNOS. The first-order valence-corrected chi connectivity index (χ1v) is 8.82. The molecule has 2 nitrogen and oxygen atoms in total. The van der Waals surface area contributed by atoms with Crippen molar-refractivity contribution in [2.45, 2.75) is 45.4 Å². The number of halogens is 2. The van der Waals surface area contributed by atoms with E-state index in [0.717, 1.165) is 10.2 Å². The molecule has 0 N–H and O–H groups in total. The second kappa shape index (κ2) is 6.94. The third kappa shape index (κ3) is 3.55. The van der Waals surface area contributed by atoms with Crippen molar-refractivity contribution >= 4 is 32.4 Å². The van der Waals surface area contributed by atoms with Crippen LogP contribution in [0.2, 0.25) is 0 Å². The van der Waals surface area contributed by atoms with Crippen LogP contribution >= 0.6 is 15.9 Å². The SMILES string of the molecule is CC.CC1=NC(c2cc(Br)ccc2F)CS(=O)C1(C)C. The van der Waals surface area contributed by atoms with Gasteiger partial charge in [0.15, 0.2) is 0 Å². The number of hydrogen-bond acceptors (Lipinski definition) is 2. The smallest absolute Gasteiger partial charge is 0.128 e. The molecule has 112 valence electrons. The van der Waals surface area contributed by atoms with E-state index in [2.05, 4.69) is 20.9 Å². The summed E-state index contributed by atoms with van der Waals surface area (Å²) in [5, 5.41) is 0. The highest BCUT2D eigenvalue weighted by atomic mass is 79.9. The van der Waals surface area contributed by atoms with Gasteiger partial charge in [-0.1, -0.05) is 29.8 Å². The highest BCUT2D eigenvalue weighted by Gasteiger charge is 2.36. The molecule has 0 aromatic heterocycles. The zero-order valence-electron chi connectivity index (χ0n) is 12.5. The van der Waals surface area contributed by atoms with Crippen molar-refractivity contribution in [2.24, 2.45) is 4.99 Å². The molecule has 2 atom stereocenters. The molecule has 20 heavy (non-hydrogen) atoms. The Morgan fingerprint density at radius 1 is 1.40 bits per heavy atom. The summed E-state index contributed by atoms with van der Waals surface area (Å²) >= 11 is 3.32. The summed E-state index contributed by atoms with van der Waals surface area (Å²) in [5.41, 5.74) is 1.32. The summed E-state index contributed by atoms with van der Waals surface area (Å²) in [6.45, 7) is 9.69. The van der Waals surface area contributed by atoms with Crippen LogP contribution in [0.3, 0.4) is 0 Å². The van der Waals surface area contributed by atoms with Gasteiger partial charge in [0, 0.05) is 26.5 Å². The molecular weight excluding hydrogens is 341 g/mol. The number of rotatable bonds is 1. The van der Waals surface area contributed by atoms with Gasteiger partial charge in [-0.05, 0) is 39.0 Å². The Balaban J connectivity index is 0.000000956. The molecule has 1 aliphatic rings. The second-order valence-electron chi connectivity index (χ2n) is 4.92. The molecule has 2 unspecified atom stereocenters. The largest absolute Gasteiger partial charge is 0.284 e. The molecule has 0 aliphatic carbocycles. The molecule has 0 saturated heterocycles. The maximum atomic E-state index is 13.8. The van der Waals surface area contributed by atoms with Crippen LogP contribution in [-0.2, 0) is 10.8 Å². The molecule has 0 fully saturated rings. The third-order valence-electron chi connectivity index (χ3n) is 3.42. The standard InChI is InChI=1S/C13H15BrFNOS.C2H6/c1-8-13(2,3)18(17)7-12(16-8)10-6-9(14)4-5-11(10)15;1-2/h4-6,12H,7H2,1-3H3;1-2H3. The predicted molar refractivity (Wildman–Crippen MR) is 88.4 cm³/mol. The molecule has 2 rings (SSSR count). The minimum Gasteiger partial charge on any atom is -0.284 e. The van der Waals surface area contributed by atoms with Crippen molar-refractivity contribution in [3.63, 3.8) is 0 Å². The van der Waals surface area contributed by atoms with Gasteiger partial charge in [0.05, 0.1) is 16.5 Å². The number of hydrogen-bond donors (Lipinski definition) is 0. The van der Waals surface area contributed by atoms with E-state index in [4.69, 9.17) is 0 Å². The van der Waals surface area contributed by atoms with Crippen LogP contribution in [0.25, 0.3) is 0 Å². The molecule has 1 aliphatic heterocycles. The zero-order chi connectivity index (χ0) is 15.5. The van der Waals surface area contributed by atoms with E-state index in [1.54, 1.807) is 12.1 Å². The summed E-state index contributed by atoms with van der Waals surface area (Å²) in [7, 11) is -1.04. The Morgan fingerprint density at radius 3 is 2.55 bits per heavy atom. The van der Waals surface area contributed by atoms with Crippen molar-refractivity contribution in [1.82, 2.24) is 0 Å². The topological polar surface area (TPSA) is 29.4 Å². The first kappa shape index (κ1) is 17.5. The molecule has 0 amide bonds. The fourth-order valence-electron chi connectivity index (χ4n) is 1.87. The highest BCUT2D eigenvalue weighted by Crippen LogP contribution is 2.32. The van der Waals surface area contributed by atoms with E-state index in [1.807, 2.05) is 34.6 Å². The van der Waals surface area contributed by atoms with E-state index in [1.165, 1.54) is 6.07 Å². The summed E-state index contributed by atoms with van der Waals surface area (Å²) in [4.78, 5) is 4.52. The molecule has 1 heterocycles. The summed E-state index contributed by atoms with van der Waals surface area (Å²) in [5.74, 6) is 0.0778. The van der Waals surface area contributed by atoms with Crippen LogP contribution in [0.1, 0.15) is 46.2 Å². The van der Waals surface area contributed by atoms with Gasteiger partial charge in [-0.15, -0.1) is 0 Å². The zero-order valence-corrected chi connectivity index (χ0v) is 14.9. The molecule has 1 aromatic carbocycles. The van der Waals surface area contributed by atoms with Crippen LogP contribution < -0.4 is 0 Å². The van der Waals surface area contributed by atoms with E-state index in [0.29, 0.717) is 11.3 Å². The first-order chi connectivity index (χ1) is 9.32.